The SMILES string of the molecule is Cc1c(Br)cccc1C(=O)N(C)CC1CNCCO1. The zero-order valence-electron chi connectivity index (χ0n) is 11.3. The number of carbonyl (C=O) groups is 1. The van der Waals surface area contributed by atoms with E-state index in [0.29, 0.717) is 13.2 Å². The van der Waals surface area contributed by atoms with Gasteiger partial charge in [-0.25, -0.2) is 0 Å². The molecule has 1 heterocycles. The molecule has 1 saturated heterocycles. The molecule has 0 bridgehead atoms. The van der Waals surface area contributed by atoms with Crippen molar-refractivity contribution < 1.29 is 9.53 Å². The first-order chi connectivity index (χ1) is 9.09. The van der Waals surface area contributed by atoms with Gasteiger partial charge in [-0.1, -0.05) is 22.0 Å². The minimum Gasteiger partial charge on any atom is -0.374 e. The normalized spacial score (nSPS) is 19.2. The Bertz CT molecular complexity index is 459. The van der Waals surface area contributed by atoms with E-state index in [2.05, 4.69) is 21.2 Å². The van der Waals surface area contributed by atoms with Gasteiger partial charge in [0.05, 0.1) is 12.7 Å². The summed E-state index contributed by atoms with van der Waals surface area (Å²) in [5, 5.41) is 3.27. The van der Waals surface area contributed by atoms with E-state index in [1.54, 1.807) is 4.90 Å². The maximum absolute atomic E-state index is 12.4. The molecule has 4 nitrogen and oxygen atoms in total. The fraction of sp³-hybridized carbons (Fsp3) is 0.500. The molecule has 0 spiro atoms. The second-order valence-electron chi connectivity index (χ2n) is 4.79. The lowest BCUT2D eigenvalue weighted by molar-refractivity contribution is 0.0103. The largest absolute Gasteiger partial charge is 0.374 e. The van der Waals surface area contributed by atoms with Crippen molar-refractivity contribution in [3.8, 4) is 0 Å². The van der Waals surface area contributed by atoms with Crippen LogP contribution in [0.4, 0.5) is 0 Å². The predicted molar refractivity (Wildman–Crippen MR) is 78.4 cm³/mol. The summed E-state index contributed by atoms with van der Waals surface area (Å²) in [6, 6.07) is 5.69. The number of hydrogen-bond acceptors (Lipinski definition) is 3. The Hall–Kier alpha value is -0.910. The van der Waals surface area contributed by atoms with Gasteiger partial charge in [-0.3, -0.25) is 4.79 Å². The van der Waals surface area contributed by atoms with Crippen molar-refractivity contribution in [1.29, 1.82) is 0 Å². The molecule has 1 N–H and O–H groups in total. The highest BCUT2D eigenvalue weighted by Gasteiger charge is 2.20. The van der Waals surface area contributed by atoms with Crippen molar-refractivity contribution in [2.75, 3.05) is 33.3 Å². The number of carbonyl (C=O) groups excluding carboxylic acids is 1. The number of halogens is 1. The first-order valence-electron chi connectivity index (χ1n) is 6.42. The van der Waals surface area contributed by atoms with E-state index in [4.69, 9.17) is 4.74 Å². The summed E-state index contributed by atoms with van der Waals surface area (Å²) < 4.78 is 6.58. The molecule has 19 heavy (non-hydrogen) atoms. The molecule has 1 atom stereocenters. The van der Waals surface area contributed by atoms with Crippen molar-refractivity contribution in [2.24, 2.45) is 0 Å². The summed E-state index contributed by atoms with van der Waals surface area (Å²) in [5.74, 6) is 0.0352. The summed E-state index contributed by atoms with van der Waals surface area (Å²) >= 11 is 3.46. The van der Waals surface area contributed by atoms with Gasteiger partial charge >= 0.3 is 0 Å². The zero-order valence-corrected chi connectivity index (χ0v) is 12.9. The third-order valence-electron chi connectivity index (χ3n) is 3.33. The van der Waals surface area contributed by atoms with Crippen LogP contribution in [0, 0.1) is 6.92 Å². The lowest BCUT2D eigenvalue weighted by atomic mass is 10.1. The lowest BCUT2D eigenvalue weighted by Crippen LogP contribution is -2.45. The fourth-order valence-electron chi connectivity index (χ4n) is 2.17. The Labute approximate surface area is 122 Å². The molecule has 104 valence electrons. The average molecular weight is 327 g/mol. The first kappa shape index (κ1) is 14.5. The molecule has 0 radical (unpaired) electrons. The Morgan fingerprint density at radius 2 is 2.37 bits per heavy atom. The Balaban J connectivity index is 2.03. The highest BCUT2D eigenvalue weighted by Crippen LogP contribution is 2.20. The van der Waals surface area contributed by atoms with E-state index in [1.165, 1.54) is 0 Å². The number of morpholine rings is 1. The van der Waals surface area contributed by atoms with E-state index in [9.17, 15) is 4.79 Å². The molecule has 5 heteroatoms. The van der Waals surface area contributed by atoms with Crippen LogP contribution in [0.25, 0.3) is 0 Å². The molecule has 1 aliphatic heterocycles. The van der Waals surface area contributed by atoms with Gasteiger partial charge in [0.15, 0.2) is 0 Å². The predicted octanol–water partition coefficient (Wildman–Crippen LogP) is 1.82. The van der Waals surface area contributed by atoms with Gasteiger partial charge in [-0.15, -0.1) is 0 Å². The smallest absolute Gasteiger partial charge is 0.253 e. The maximum Gasteiger partial charge on any atom is 0.253 e. The Morgan fingerprint density at radius 1 is 1.58 bits per heavy atom. The molecular weight excluding hydrogens is 308 g/mol. The number of nitrogens with one attached hydrogen (secondary N) is 1. The summed E-state index contributed by atoms with van der Waals surface area (Å²) in [6.45, 7) is 4.96. The van der Waals surface area contributed by atoms with E-state index in [0.717, 1.165) is 28.7 Å². The molecule has 1 aliphatic rings. The molecule has 1 amide bonds. The second-order valence-corrected chi connectivity index (χ2v) is 5.65. The highest BCUT2D eigenvalue weighted by atomic mass is 79.9. The van der Waals surface area contributed by atoms with Crippen LogP contribution in [0.15, 0.2) is 22.7 Å². The van der Waals surface area contributed by atoms with Gasteiger partial charge < -0.3 is 15.0 Å². The maximum atomic E-state index is 12.4. The van der Waals surface area contributed by atoms with Crippen molar-refractivity contribution >= 4 is 21.8 Å². The van der Waals surface area contributed by atoms with E-state index in [-0.39, 0.29) is 12.0 Å². The number of nitrogens with zero attached hydrogens (tertiary/aromatic N) is 1. The third kappa shape index (κ3) is 3.55. The molecule has 1 unspecified atom stereocenters. The minimum atomic E-state index is 0.0352. The summed E-state index contributed by atoms with van der Waals surface area (Å²) in [4.78, 5) is 14.1. The summed E-state index contributed by atoms with van der Waals surface area (Å²) in [7, 11) is 1.82. The molecule has 1 aromatic rings. The van der Waals surface area contributed by atoms with Crippen molar-refractivity contribution in [3.05, 3.63) is 33.8 Å². The van der Waals surface area contributed by atoms with E-state index in [1.807, 2.05) is 32.2 Å². The molecule has 0 aromatic heterocycles. The number of amides is 1. The van der Waals surface area contributed by atoms with Crippen molar-refractivity contribution in [3.63, 3.8) is 0 Å². The topological polar surface area (TPSA) is 41.6 Å². The second kappa shape index (κ2) is 6.50. The molecule has 2 rings (SSSR count). The van der Waals surface area contributed by atoms with Gasteiger partial charge in [-0.2, -0.15) is 0 Å². The molecule has 1 aromatic carbocycles. The van der Waals surface area contributed by atoms with Crippen molar-refractivity contribution in [2.45, 2.75) is 13.0 Å². The Kier molecular flexibility index (Phi) is 4.96. The number of ether oxygens (including phenoxy) is 1. The fourth-order valence-corrected chi connectivity index (χ4v) is 2.54. The summed E-state index contributed by atoms with van der Waals surface area (Å²) in [6.07, 6.45) is 0.0789. The van der Waals surface area contributed by atoms with Crippen LogP contribution >= 0.6 is 15.9 Å². The number of likely N-dealkylation sites (N-methyl/N-ethyl adjacent to an activating group) is 1. The van der Waals surface area contributed by atoms with Crippen molar-refractivity contribution in [1.82, 2.24) is 10.2 Å². The van der Waals surface area contributed by atoms with Crippen LogP contribution in [0.1, 0.15) is 15.9 Å². The van der Waals surface area contributed by atoms with Crippen LogP contribution in [0.5, 0.6) is 0 Å². The standard InChI is InChI=1S/C14H19BrN2O2/c1-10-12(4-3-5-13(10)15)14(18)17(2)9-11-8-16-6-7-19-11/h3-5,11,16H,6-9H2,1-2H3. The minimum absolute atomic E-state index is 0.0352. The zero-order chi connectivity index (χ0) is 13.8. The molecular formula is C14H19BrN2O2. The van der Waals surface area contributed by atoms with Crippen LogP contribution in [-0.4, -0.2) is 50.2 Å². The first-order valence-corrected chi connectivity index (χ1v) is 7.22. The monoisotopic (exact) mass is 326 g/mol. The third-order valence-corrected chi connectivity index (χ3v) is 4.19. The molecule has 1 fully saturated rings. The van der Waals surface area contributed by atoms with Gasteiger partial charge in [0, 0.05) is 36.7 Å². The van der Waals surface area contributed by atoms with E-state index < -0.39 is 0 Å². The van der Waals surface area contributed by atoms with Crippen LogP contribution < -0.4 is 5.32 Å². The van der Waals surface area contributed by atoms with E-state index >= 15 is 0 Å². The quantitative estimate of drug-likeness (QED) is 0.921. The number of hydrogen-bond donors (Lipinski definition) is 1. The van der Waals surface area contributed by atoms with Gasteiger partial charge in [-0.05, 0) is 24.6 Å². The van der Waals surface area contributed by atoms with Crippen LogP contribution in [0.3, 0.4) is 0 Å². The Morgan fingerprint density at radius 3 is 3.05 bits per heavy atom. The number of benzene rings is 1. The van der Waals surface area contributed by atoms with Crippen LogP contribution in [-0.2, 0) is 4.74 Å². The van der Waals surface area contributed by atoms with Crippen LogP contribution in [0.2, 0.25) is 0 Å². The summed E-state index contributed by atoms with van der Waals surface area (Å²) in [5.41, 5.74) is 1.71. The van der Waals surface area contributed by atoms with Gasteiger partial charge in [0.2, 0.25) is 0 Å². The average Bonchev–Trinajstić information content (AvgIpc) is 2.42. The molecule has 0 aliphatic carbocycles. The van der Waals surface area contributed by atoms with Gasteiger partial charge in [0.25, 0.3) is 5.91 Å². The van der Waals surface area contributed by atoms with Gasteiger partial charge in [0.1, 0.15) is 0 Å². The number of rotatable bonds is 3. The molecule has 0 saturated carbocycles. The highest BCUT2D eigenvalue weighted by molar-refractivity contribution is 9.10. The lowest BCUT2D eigenvalue weighted by Gasteiger charge is -2.28.